The second kappa shape index (κ2) is 5.55. The quantitative estimate of drug-likeness (QED) is 0.900. The molecule has 5 nitrogen and oxygen atoms in total. The van der Waals surface area contributed by atoms with Crippen LogP contribution in [0.5, 0.6) is 0 Å². The molecule has 0 radical (unpaired) electrons. The molecule has 102 valence electrons. The van der Waals surface area contributed by atoms with Crippen molar-refractivity contribution in [2.45, 2.75) is 44.6 Å². The predicted molar refractivity (Wildman–Crippen MR) is 74.4 cm³/mol. The van der Waals surface area contributed by atoms with Crippen LogP contribution in [0.4, 0.5) is 11.6 Å². The minimum absolute atomic E-state index is 0.301. The van der Waals surface area contributed by atoms with Gasteiger partial charge in [-0.3, -0.25) is 4.79 Å². The Morgan fingerprint density at radius 3 is 2.84 bits per heavy atom. The van der Waals surface area contributed by atoms with Gasteiger partial charge in [0.1, 0.15) is 18.0 Å². The highest BCUT2D eigenvalue weighted by molar-refractivity contribution is 5.84. The summed E-state index contributed by atoms with van der Waals surface area (Å²) in [5.74, 6) is 2.05. The highest BCUT2D eigenvalue weighted by Gasteiger charge is 2.19. The first-order chi connectivity index (χ1) is 9.31. The highest BCUT2D eigenvalue weighted by Crippen LogP contribution is 2.23. The summed E-state index contributed by atoms with van der Waals surface area (Å²) in [6, 6.07) is 2.52. The van der Waals surface area contributed by atoms with Crippen LogP contribution in [0.3, 0.4) is 0 Å². The Balaban J connectivity index is 1.69. The van der Waals surface area contributed by atoms with Gasteiger partial charge < -0.3 is 10.2 Å². The summed E-state index contributed by atoms with van der Waals surface area (Å²) < 4.78 is 0. The Labute approximate surface area is 113 Å². The number of aromatic nitrogens is 2. The van der Waals surface area contributed by atoms with Gasteiger partial charge in [-0.05, 0) is 19.3 Å². The van der Waals surface area contributed by atoms with Crippen LogP contribution < -0.4 is 10.2 Å². The van der Waals surface area contributed by atoms with E-state index in [1.165, 1.54) is 25.7 Å². The van der Waals surface area contributed by atoms with Crippen LogP contribution in [-0.4, -0.2) is 34.9 Å². The molecule has 0 atom stereocenters. The van der Waals surface area contributed by atoms with Gasteiger partial charge in [0.2, 0.25) is 0 Å². The van der Waals surface area contributed by atoms with Crippen molar-refractivity contribution >= 4 is 17.4 Å². The van der Waals surface area contributed by atoms with Gasteiger partial charge in [-0.1, -0.05) is 12.8 Å². The van der Waals surface area contributed by atoms with E-state index < -0.39 is 0 Å². The Kier molecular flexibility index (Phi) is 3.62. The molecule has 1 aliphatic heterocycles. The average molecular weight is 260 g/mol. The lowest BCUT2D eigenvalue weighted by molar-refractivity contribution is -0.118. The van der Waals surface area contributed by atoms with Gasteiger partial charge in [0.25, 0.3) is 0 Å². The van der Waals surface area contributed by atoms with Crippen molar-refractivity contribution in [2.24, 2.45) is 0 Å². The molecular formula is C14H20N4O. The summed E-state index contributed by atoms with van der Waals surface area (Å²) in [6.45, 7) is 1.39. The van der Waals surface area contributed by atoms with Crippen molar-refractivity contribution < 1.29 is 4.79 Å². The second-order valence-electron chi connectivity index (χ2n) is 5.45. The second-order valence-corrected chi connectivity index (χ2v) is 5.45. The summed E-state index contributed by atoms with van der Waals surface area (Å²) in [7, 11) is 0. The van der Waals surface area contributed by atoms with Crippen LogP contribution in [-0.2, 0) is 4.79 Å². The van der Waals surface area contributed by atoms with E-state index in [9.17, 15) is 4.79 Å². The summed E-state index contributed by atoms with van der Waals surface area (Å²) in [5, 5.41) is 3.47. The molecule has 1 aromatic heterocycles. The fraction of sp³-hybridized carbons (Fsp3) is 0.643. The number of nitrogens with zero attached hydrogens (tertiary/aromatic N) is 3. The van der Waals surface area contributed by atoms with Gasteiger partial charge in [-0.2, -0.15) is 0 Å². The molecule has 0 spiro atoms. The smallest absolute Gasteiger partial charge is 0.152 e. The highest BCUT2D eigenvalue weighted by atomic mass is 16.1. The number of piperidine rings is 1. The number of carbonyl (C=O) groups excluding carboxylic acids is 1. The largest absolute Gasteiger partial charge is 0.367 e. The number of carbonyl (C=O) groups is 1. The predicted octanol–water partition coefficient (Wildman–Crippen LogP) is 2.00. The minimum atomic E-state index is 0.301. The molecular weight excluding hydrogens is 240 g/mol. The third-order valence-electron chi connectivity index (χ3n) is 3.93. The van der Waals surface area contributed by atoms with E-state index in [1.807, 2.05) is 11.0 Å². The van der Waals surface area contributed by atoms with Crippen molar-refractivity contribution in [1.29, 1.82) is 0 Å². The summed E-state index contributed by atoms with van der Waals surface area (Å²) in [5.41, 5.74) is 0. The van der Waals surface area contributed by atoms with E-state index in [4.69, 9.17) is 0 Å². The van der Waals surface area contributed by atoms with E-state index in [0.29, 0.717) is 24.8 Å². The van der Waals surface area contributed by atoms with Crippen LogP contribution in [0.1, 0.15) is 38.5 Å². The maximum Gasteiger partial charge on any atom is 0.152 e. The monoisotopic (exact) mass is 260 g/mol. The normalized spacial score (nSPS) is 20.8. The van der Waals surface area contributed by atoms with Gasteiger partial charge in [0.15, 0.2) is 5.78 Å². The van der Waals surface area contributed by atoms with Gasteiger partial charge >= 0.3 is 0 Å². The molecule has 1 saturated heterocycles. The number of rotatable bonds is 3. The molecule has 0 bridgehead atoms. The molecule has 0 aromatic carbocycles. The maximum atomic E-state index is 11.5. The molecule has 1 aromatic rings. The van der Waals surface area contributed by atoms with Crippen LogP contribution in [0, 0.1) is 0 Å². The zero-order valence-corrected chi connectivity index (χ0v) is 11.1. The molecule has 2 fully saturated rings. The minimum Gasteiger partial charge on any atom is -0.367 e. The number of ketones is 1. The SMILES string of the molecule is O=C1CCCN(c2cc(NC3CCCC3)ncn2)C1. The van der Waals surface area contributed by atoms with Crippen molar-refractivity contribution in [3.63, 3.8) is 0 Å². The molecule has 2 heterocycles. The first kappa shape index (κ1) is 12.4. The fourth-order valence-corrected chi connectivity index (χ4v) is 2.91. The van der Waals surface area contributed by atoms with Crippen molar-refractivity contribution in [3.8, 4) is 0 Å². The van der Waals surface area contributed by atoms with Crippen molar-refractivity contribution in [2.75, 3.05) is 23.3 Å². The molecule has 19 heavy (non-hydrogen) atoms. The van der Waals surface area contributed by atoms with Gasteiger partial charge in [0.05, 0.1) is 6.54 Å². The topological polar surface area (TPSA) is 58.1 Å². The fourth-order valence-electron chi connectivity index (χ4n) is 2.91. The third kappa shape index (κ3) is 3.03. The van der Waals surface area contributed by atoms with Gasteiger partial charge in [-0.25, -0.2) is 9.97 Å². The lowest BCUT2D eigenvalue weighted by atomic mass is 10.1. The first-order valence-electron chi connectivity index (χ1n) is 7.16. The molecule has 1 N–H and O–H groups in total. The third-order valence-corrected chi connectivity index (χ3v) is 3.93. The van der Waals surface area contributed by atoms with Crippen molar-refractivity contribution in [1.82, 2.24) is 9.97 Å². The molecule has 2 aliphatic rings. The number of nitrogens with one attached hydrogen (secondary N) is 1. The molecule has 1 saturated carbocycles. The summed E-state index contributed by atoms with van der Waals surface area (Å²) in [6.07, 6.45) is 8.27. The molecule has 1 aliphatic carbocycles. The first-order valence-corrected chi connectivity index (χ1v) is 7.16. The molecule has 0 unspecified atom stereocenters. The van der Waals surface area contributed by atoms with E-state index in [1.54, 1.807) is 6.33 Å². The Bertz CT molecular complexity index is 457. The summed E-state index contributed by atoms with van der Waals surface area (Å²) in [4.78, 5) is 22.1. The number of hydrogen-bond acceptors (Lipinski definition) is 5. The maximum absolute atomic E-state index is 11.5. The average Bonchev–Trinajstić information content (AvgIpc) is 2.92. The number of Topliss-reactive ketones (excluding diaryl/α,β-unsaturated/α-hetero) is 1. The van der Waals surface area contributed by atoms with E-state index in [0.717, 1.165) is 24.6 Å². The Morgan fingerprint density at radius 1 is 1.21 bits per heavy atom. The Hall–Kier alpha value is -1.65. The zero-order valence-electron chi connectivity index (χ0n) is 11.1. The summed E-state index contributed by atoms with van der Waals surface area (Å²) >= 11 is 0. The van der Waals surface area contributed by atoms with E-state index >= 15 is 0 Å². The Morgan fingerprint density at radius 2 is 2.05 bits per heavy atom. The van der Waals surface area contributed by atoms with Crippen LogP contribution in [0.15, 0.2) is 12.4 Å². The van der Waals surface area contributed by atoms with Crippen LogP contribution in [0.25, 0.3) is 0 Å². The van der Waals surface area contributed by atoms with E-state index in [-0.39, 0.29) is 0 Å². The van der Waals surface area contributed by atoms with Crippen LogP contribution in [0.2, 0.25) is 0 Å². The molecule has 5 heteroatoms. The van der Waals surface area contributed by atoms with Crippen molar-refractivity contribution in [3.05, 3.63) is 12.4 Å². The molecule has 3 rings (SSSR count). The number of hydrogen-bond donors (Lipinski definition) is 1. The van der Waals surface area contributed by atoms with Gasteiger partial charge in [0, 0.05) is 25.1 Å². The lowest BCUT2D eigenvalue weighted by Gasteiger charge is -2.27. The standard InChI is InChI=1S/C14H20N4O/c19-12-6-3-7-18(9-12)14-8-13(15-10-16-14)17-11-4-1-2-5-11/h8,10-11H,1-7,9H2,(H,15,16,17). The van der Waals surface area contributed by atoms with Crippen LogP contribution >= 0.6 is 0 Å². The zero-order chi connectivity index (χ0) is 13.1. The number of anilines is 2. The van der Waals surface area contributed by atoms with Gasteiger partial charge in [-0.15, -0.1) is 0 Å². The lowest BCUT2D eigenvalue weighted by Crippen LogP contribution is -2.36. The van der Waals surface area contributed by atoms with E-state index in [2.05, 4.69) is 15.3 Å². The molecule has 0 amide bonds.